The minimum atomic E-state index is 0.635. The van der Waals surface area contributed by atoms with E-state index < -0.39 is 0 Å². The summed E-state index contributed by atoms with van der Waals surface area (Å²) in [5.41, 5.74) is 8.65. The predicted octanol–water partition coefficient (Wildman–Crippen LogP) is 3.30. The molecule has 0 spiro atoms. The fourth-order valence-electron chi connectivity index (χ4n) is 1.87. The molecule has 5 heteroatoms. The Morgan fingerprint density at radius 1 is 1.16 bits per heavy atom. The molecule has 1 aromatic heterocycles. The highest BCUT2D eigenvalue weighted by Gasteiger charge is 2.09. The van der Waals surface area contributed by atoms with Gasteiger partial charge in [-0.3, -0.25) is 0 Å². The molecule has 0 amide bonds. The summed E-state index contributed by atoms with van der Waals surface area (Å²) in [6, 6.07) is 13.6. The number of fused-ring (bicyclic) bond motifs is 1. The van der Waals surface area contributed by atoms with E-state index in [4.69, 9.17) is 10.5 Å². The molecule has 19 heavy (non-hydrogen) atoms. The molecule has 0 unspecified atom stereocenters. The number of benzene rings is 2. The third kappa shape index (κ3) is 2.24. The maximum Gasteiger partial charge on any atom is 0.171 e. The Morgan fingerprint density at radius 2 is 2.00 bits per heavy atom. The van der Waals surface area contributed by atoms with E-state index in [1.807, 2.05) is 42.5 Å². The highest BCUT2D eigenvalue weighted by atomic mass is 32.2. The number of ether oxygens (including phenoxy) is 1. The molecule has 0 aliphatic carbocycles. The molecule has 3 N–H and O–H groups in total. The number of imidazole rings is 1. The SMILES string of the molecule is COc1cccc(Sc2nc3ccccc3[nH]2)c1N. The van der Waals surface area contributed by atoms with Crippen molar-refractivity contribution in [2.75, 3.05) is 12.8 Å². The van der Waals surface area contributed by atoms with Gasteiger partial charge in [-0.05, 0) is 36.0 Å². The van der Waals surface area contributed by atoms with Crippen molar-refractivity contribution < 1.29 is 4.74 Å². The number of nitrogens with two attached hydrogens (primary N) is 1. The summed E-state index contributed by atoms with van der Waals surface area (Å²) in [5, 5.41) is 0.821. The Morgan fingerprint density at radius 3 is 2.79 bits per heavy atom. The zero-order chi connectivity index (χ0) is 13.2. The predicted molar refractivity (Wildman–Crippen MR) is 77.6 cm³/mol. The Kier molecular flexibility index (Phi) is 3.05. The molecule has 0 saturated carbocycles. The molecule has 0 fully saturated rings. The van der Waals surface area contributed by atoms with E-state index in [1.165, 1.54) is 11.8 Å². The number of hydrogen-bond donors (Lipinski definition) is 2. The van der Waals surface area contributed by atoms with Crippen molar-refractivity contribution in [3.05, 3.63) is 42.5 Å². The topological polar surface area (TPSA) is 63.9 Å². The van der Waals surface area contributed by atoms with E-state index >= 15 is 0 Å². The molecule has 0 aliphatic rings. The van der Waals surface area contributed by atoms with E-state index in [0.29, 0.717) is 11.4 Å². The lowest BCUT2D eigenvalue weighted by atomic mass is 10.3. The summed E-state index contributed by atoms with van der Waals surface area (Å²) >= 11 is 1.50. The van der Waals surface area contributed by atoms with Gasteiger partial charge in [0.05, 0.1) is 23.8 Å². The Balaban J connectivity index is 1.96. The lowest BCUT2D eigenvalue weighted by Gasteiger charge is -2.07. The highest BCUT2D eigenvalue weighted by Crippen LogP contribution is 2.36. The molecular formula is C14H13N3OS. The number of nitrogen functional groups attached to an aromatic ring is 1. The summed E-state index contributed by atoms with van der Waals surface area (Å²) in [6.07, 6.45) is 0. The van der Waals surface area contributed by atoms with Gasteiger partial charge in [0.25, 0.3) is 0 Å². The molecular weight excluding hydrogens is 258 g/mol. The number of nitrogens with zero attached hydrogens (tertiary/aromatic N) is 1. The Hall–Kier alpha value is -2.14. The first-order valence-corrected chi connectivity index (χ1v) is 6.64. The Bertz CT molecular complexity index is 691. The number of aromatic nitrogens is 2. The van der Waals surface area contributed by atoms with Crippen molar-refractivity contribution in [3.8, 4) is 5.75 Å². The summed E-state index contributed by atoms with van der Waals surface area (Å²) in [6.45, 7) is 0. The molecule has 0 radical (unpaired) electrons. The van der Waals surface area contributed by atoms with Crippen LogP contribution in [0, 0.1) is 0 Å². The second-order valence-electron chi connectivity index (χ2n) is 4.03. The molecule has 0 aliphatic heterocycles. The highest BCUT2D eigenvalue weighted by molar-refractivity contribution is 7.99. The van der Waals surface area contributed by atoms with Crippen molar-refractivity contribution in [1.82, 2.24) is 9.97 Å². The fourth-order valence-corrected chi connectivity index (χ4v) is 2.74. The van der Waals surface area contributed by atoms with E-state index in [1.54, 1.807) is 7.11 Å². The van der Waals surface area contributed by atoms with Gasteiger partial charge in [0, 0.05) is 4.90 Å². The molecule has 0 atom stereocenters. The minimum Gasteiger partial charge on any atom is -0.495 e. The van der Waals surface area contributed by atoms with Crippen LogP contribution >= 0.6 is 11.8 Å². The van der Waals surface area contributed by atoms with Crippen LogP contribution in [-0.2, 0) is 0 Å². The number of methoxy groups -OCH3 is 1. The first kappa shape index (κ1) is 11.9. The van der Waals surface area contributed by atoms with Gasteiger partial charge in [-0.15, -0.1) is 0 Å². The molecule has 3 rings (SSSR count). The van der Waals surface area contributed by atoms with Crippen LogP contribution in [0.15, 0.2) is 52.5 Å². The smallest absolute Gasteiger partial charge is 0.171 e. The molecule has 4 nitrogen and oxygen atoms in total. The van der Waals surface area contributed by atoms with Crippen molar-refractivity contribution in [3.63, 3.8) is 0 Å². The normalized spacial score (nSPS) is 10.8. The third-order valence-corrected chi connectivity index (χ3v) is 3.78. The Labute approximate surface area is 115 Å². The molecule has 2 aromatic carbocycles. The zero-order valence-electron chi connectivity index (χ0n) is 10.4. The maximum atomic E-state index is 6.05. The van der Waals surface area contributed by atoms with Gasteiger partial charge < -0.3 is 15.5 Å². The third-order valence-electron chi connectivity index (χ3n) is 2.82. The van der Waals surface area contributed by atoms with Gasteiger partial charge in [0.2, 0.25) is 0 Å². The van der Waals surface area contributed by atoms with Crippen molar-refractivity contribution in [1.29, 1.82) is 0 Å². The zero-order valence-corrected chi connectivity index (χ0v) is 11.2. The second-order valence-corrected chi connectivity index (χ2v) is 5.06. The van der Waals surface area contributed by atoms with E-state index in [9.17, 15) is 0 Å². The van der Waals surface area contributed by atoms with Crippen molar-refractivity contribution >= 4 is 28.5 Å². The van der Waals surface area contributed by atoms with Gasteiger partial charge >= 0.3 is 0 Å². The lowest BCUT2D eigenvalue weighted by Crippen LogP contribution is -1.94. The standard InChI is InChI=1S/C14H13N3OS/c1-18-11-7-4-8-12(13(11)15)19-14-16-9-5-2-3-6-10(9)17-14/h2-8H,15H2,1H3,(H,16,17). The first-order chi connectivity index (χ1) is 9.28. The molecule has 96 valence electrons. The fraction of sp³-hybridized carbons (Fsp3) is 0.0714. The van der Waals surface area contributed by atoms with Crippen LogP contribution in [-0.4, -0.2) is 17.1 Å². The summed E-state index contributed by atoms with van der Waals surface area (Å²) in [4.78, 5) is 8.71. The average Bonchev–Trinajstić information content (AvgIpc) is 2.83. The summed E-state index contributed by atoms with van der Waals surface area (Å²) in [5.74, 6) is 0.682. The van der Waals surface area contributed by atoms with Crippen LogP contribution < -0.4 is 10.5 Å². The van der Waals surface area contributed by atoms with Crippen LogP contribution in [0.1, 0.15) is 0 Å². The number of hydrogen-bond acceptors (Lipinski definition) is 4. The van der Waals surface area contributed by atoms with E-state index in [2.05, 4.69) is 9.97 Å². The number of nitrogens with one attached hydrogen (secondary N) is 1. The molecule has 0 bridgehead atoms. The number of para-hydroxylation sites is 3. The van der Waals surface area contributed by atoms with E-state index in [0.717, 1.165) is 21.1 Å². The molecule has 1 heterocycles. The van der Waals surface area contributed by atoms with Crippen LogP contribution in [0.2, 0.25) is 0 Å². The minimum absolute atomic E-state index is 0.635. The number of H-pyrrole nitrogens is 1. The van der Waals surface area contributed by atoms with Crippen LogP contribution in [0.25, 0.3) is 11.0 Å². The largest absolute Gasteiger partial charge is 0.495 e. The van der Waals surface area contributed by atoms with Gasteiger partial charge in [-0.25, -0.2) is 4.98 Å². The van der Waals surface area contributed by atoms with Gasteiger partial charge in [-0.1, -0.05) is 18.2 Å². The van der Waals surface area contributed by atoms with Crippen molar-refractivity contribution in [2.24, 2.45) is 0 Å². The average molecular weight is 271 g/mol. The van der Waals surface area contributed by atoms with Crippen molar-refractivity contribution in [2.45, 2.75) is 10.1 Å². The first-order valence-electron chi connectivity index (χ1n) is 5.83. The number of anilines is 1. The van der Waals surface area contributed by atoms with Crippen LogP contribution in [0.4, 0.5) is 5.69 Å². The quantitative estimate of drug-likeness (QED) is 0.717. The summed E-state index contributed by atoms with van der Waals surface area (Å²) in [7, 11) is 1.61. The maximum absolute atomic E-state index is 6.05. The number of rotatable bonds is 3. The van der Waals surface area contributed by atoms with Crippen LogP contribution in [0.5, 0.6) is 5.75 Å². The van der Waals surface area contributed by atoms with Gasteiger partial charge in [0.1, 0.15) is 5.75 Å². The monoisotopic (exact) mass is 271 g/mol. The molecule has 0 saturated heterocycles. The van der Waals surface area contributed by atoms with Crippen LogP contribution in [0.3, 0.4) is 0 Å². The second kappa shape index (κ2) is 4.85. The molecule has 3 aromatic rings. The lowest BCUT2D eigenvalue weighted by molar-refractivity contribution is 0.416. The number of aromatic amines is 1. The van der Waals surface area contributed by atoms with E-state index in [-0.39, 0.29) is 0 Å². The van der Waals surface area contributed by atoms with Gasteiger partial charge in [-0.2, -0.15) is 0 Å². The summed E-state index contributed by atoms with van der Waals surface area (Å²) < 4.78 is 5.21. The van der Waals surface area contributed by atoms with Gasteiger partial charge in [0.15, 0.2) is 5.16 Å².